The molecule has 138 valence electrons. The minimum absolute atomic E-state index is 0.358. The number of aryl methyl sites for hydroxylation is 1. The molecule has 5 rings (SSSR count). The van der Waals surface area contributed by atoms with Crippen molar-refractivity contribution in [2.75, 3.05) is 5.73 Å². The number of hydrogen-bond donors (Lipinski definition) is 1. The van der Waals surface area contributed by atoms with E-state index >= 15 is 0 Å². The minimum atomic E-state index is 0.358. The summed E-state index contributed by atoms with van der Waals surface area (Å²) in [6, 6.07) is 17.7. The molecule has 2 aromatic carbocycles. The lowest BCUT2D eigenvalue weighted by atomic mass is 10.00. The topological polar surface area (TPSA) is 92.9 Å². The molecule has 0 aliphatic rings. The van der Waals surface area contributed by atoms with Gasteiger partial charge in [-0.15, -0.1) is 0 Å². The zero-order valence-electron chi connectivity index (χ0n) is 15.7. The Morgan fingerprint density at radius 2 is 1.76 bits per heavy atom. The molecule has 0 spiro atoms. The molecular weight excluding hydrogens is 360 g/mol. The van der Waals surface area contributed by atoms with Gasteiger partial charge >= 0.3 is 0 Å². The van der Waals surface area contributed by atoms with Crippen LogP contribution in [0.1, 0.15) is 11.1 Å². The van der Waals surface area contributed by atoms with Gasteiger partial charge in [0.2, 0.25) is 0 Å². The van der Waals surface area contributed by atoms with Crippen LogP contribution in [-0.2, 0) is 0 Å². The molecule has 0 aliphatic heterocycles. The Hall–Kier alpha value is -4.24. The second-order valence-electron chi connectivity index (χ2n) is 6.86. The van der Waals surface area contributed by atoms with Crippen molar-refractivity contribution in [2.24, 2.45) is 0 Å². The molecule has 3 aromatic heterocycles. The van der Waals surface area contributed by atoms with Crippen molar-refractivity contribution >= 4 is 22.4 Å². The summed E-state index contributed by atoms with van der Waals surface area (Å²) in [5.74, 6) is 0.358. The number of benzene rings is 2. The molecule has 2 N–H and O–H groups in total. The van der Waals surface area contributed by atoms with Gasteiger partial charge in [-0.3, -0.25) is 9.38 Å². The highest BCUT2D eigenvalue weighted by Gasteiger charge is 2.17. The van der Waals surface area contributed by atoms with Crippen molar-refractivity contribution < 1.29 is 0 Å². The monoisotopic (exact) mass is 376 g/mol. The number of pyridine rings is 1. The number of hydrogen-bond acceptors (Lipinski definition) is 5. The van der Waals surface area contributed by atoms with Crippen LogP contribution in [0.2, 0.25) is 0 Å². The smallest absolute Gasteiger partial charge is 0.180 e. The predicted octanol–water partition coefficient (Wildman–Crippen LogP) is 4.37. The summed E-state index contributed by atoms with van der Waals surface area (Å²) in [4.78, 5) is 13.5. The molecular formula is C23H16N6. The summed E-state index contributed by atoms with van der Waals surface area (Å²) in [6.45, 7) is 2.07. The summed E-state index contributed by atoms with van der Waals surface area (Å²) < 4.78 is 1.96. The lowest BCUT2D eigenvalue weighted by Crippen LogP contribution is -2.03. The average molecular weight is 376 g/mol. The van der Waals surface area contributed by atoms with E-state index < -0.39 is 0 Å². The SMILES string of the molecule is Cc1ccnc2ccc(-c3c(-c4ccc(C#N)cc4)nc(N)c4nccn34)cc12. The molecule has 0 radical (unpaired) electrons. The molecule has 0 saturated heterocycles. The molecule has 5 aromatic rings. The van der Waals surface area contributed by atoms with Crippen molar-refractivity contribution in [1.29, 1.82) is 5.26 Å². The van der Waals surface area contributed by atoms with Crippen molar-refractivity contribution in [3.8, 4) is 28.6 Å². The van der Waals surface area contributed by atoms with E-state index in [4.69, 9.17) is 11.0 Å². The van der Waals surface area contributed by atoms with Crippen molar-refractivity contribution in [3.05, 3.63) is 78.2 Å². The maximum Gasteiger partial charge on any atom is 0.180 e. The number of nitriles is 1. The van der Waals surface area contributed by atoms with Gasteiger partial charge in [0.1, 0.15) is 0 Å². The first-order valence-electron chi connectivity index (χ1n) is 9.14. The summed E-state index contributed by atoms with van der Waals surface area (Å²) >= 11 is 0. The fourth-order valence-corrected chi connectivity index (χ4v) is 3.62. The van der Waals surface area contributed by atoms with E-state index in [0.29, 0.717) is 17.0 Å². The maximum atomic E-state index is 9.11. The van der Waals surface area contributed by atoms with Crippen molar-refractivity contribution in [3.63, 3.8) is 0 Å². The number of aromatic nitrogens is 4. The predicted molar refractivity (Wildman–Crippen MR) is 113 cm³/mol. The summed E-state index contributed by atoms with van der Waals surface area (Å²) in [5.41, 5.74) is 13.0. The first-order valence-corrected chi connectivity index (χ1v) is 9.14. The molecule has 0 bridgehead atoms. The Morgan fingerprint density at radius 1 is 0.966 bits per heavy atom. The van der Waals surface area contributed by atoms with Crippen LogP contribution in [0.15, 0.2) is 67.1 Å². The van der Waals surface area contributed by atoms with Crippen LogP contribution in [0.25, 0.3) is 39.1 Å². The lowest BCUT2D eigenvalue weighted by molar-refractivity contribution is 1.14. The van der Waals surface area contributed by atoms with Gasteiger partial charge in [-0.2, -0.15) is 5.26 Å². The highest BCUT2D eigenvalue weighted by molar-refractivity contribution is 5.90. The number of fused-ring (bicyclic) bond motifs is 2. The Morgan fingerprint density at radius 3 is 2.55 bits per heavy atom. The molecule has 0 atom stereocenters. The van der Waals surface area contributed by atoms with Gasteiger partial charge < -0.3 is 5.73 Å². The quantitative estimate of drug-likeness (QED) is 0.494. The highest BCUT2D eigenvalue weighted by atomic mass is 15.1. The van der Waals surface area contributed by atoms with Crippen molar-refractivity contribution in [2.45, 2.75) is 6.92 Å². The van der Waals surface area contributed by atoms with Gasteiger partial charge in [0.05, 0.1) is 28.5 Å². The fourth-order valence-electron chi connectivity index (χ4n) is 3.62. The van der Waals surface area contributed by atoms with Gasteiger partial charge in [0.25, 0.3) is 0 Å². The van der Waals surface area contributed by atoms with Crippen LogP contribution in [0, 0.1) is 18.3 Å². The van der Waals surface area contributed by atoms with Crippen LogP contribution in [0.4, 0.5) is 5.82 Å². The van der Waals surface area contributed by atoms with E-state index in [1.165, 1.54) is 0 Å². The Balaban J connectivity index is 1.84. The Labute approximate surface area is 166 Å². The standard InChI is InChI=1S/C23H16N6/c1-14-8-9-26-19-7-6-17(12-18(14)19)21-20(16-4-2-15(13-24)3-5-16)28-22(25)23-27-10-11-29(21)23/h2-12H,1H3,(H2,25,28). The molecule has 0 saturated carbocycles. The third-order valence-corrected chi connectivity index (χ3v) is 5.09. The molecule has 29 heavy (non-hydrogen) atoms. The molecule has 3 heterocycles. The second kappa shape index (κ2) is 6.43. The lowest BCUT2D eigenvalue weighted by Gasteiger charge is -2.14. The highest BCUT2D eigenvalue weighted by Crippen LogP contribution is 2.34. The molecule has 6 heteroatoms. The Bertz CT molecular complexity index is 1420. The van der Waals surface area contributed by atoms with Crippen LogP contribution >= 0.6 is 0 Å². The van der Waals surface area contributed by atoms with E-state index in [2.05, 4.69) is 34.0 Å². The molecule has 0 fully saturated rings. The molecule has 0 amide bonds. The van der Waals surface area contributed by atoms with Gasteiger partial charge in [-0.1, -0.05) is 18.2 Å². The number of nitrogen functional groups attached to an aromatic ring is 1. The zero-order chi connectivity index (χ0) is 20.0. The second-order valence-corrected chi connectivity index (χ2v) is 6.86. The van der Waals surface area contributed by atoms with Gasteiger partial charge in [-0.25, -0.2) is 9.97 Å². The van der Waals surface area contributed by atoms with Gasteiger partial charge in [0, 0.05) is 35.1 Å². The summed E-state index contributed by atoms with van der Waals surface area (Å²) in [5, 5.41) is 10.2. The van der Waals surface area contributed by atoms with Crippen LogP contribution in [0.5, 0.6) is 0 Å². The van der Waals surface area contributed by atoms with Gasteiger partial charge in [-0.05, 0) is 42.8 Å². The van der Waals surface area contributed by atoms with Crippen LogP contribution in [-0.4, -0.2) is 19.4 Å². The summed E-state index contributed by atoms with van der Waals surface area (Å²) in [6.07, 6.45) is 5.42. The fraction of sp³-hybridized carbons (Fsp3) is 0.0435. The third-order valence-electron chi connectivity index (χ3n) is 5.09. The van der Waals surface area contributed by atoms with Gasteiger partial charge in [0.15, 0.2) is 11.5 Å². The van der Waals surface area contributed by atoms with E-state index in [-0.39, 0.29) is 0 Å². The number of anilines is 1. The van der Waals surface area contributed by atoms with E-state index in [1.807, 2.05) is 47.1 Å². The van der Waals surface area contributed by atoms with E-state index in [9.17, 15) is 0 Å². The minimum Gasteiger partial charge on any atom is -0.381 e. The van der Waals surface area contributed by atoms with E-state index in [0.717, 1.165) is 39.0 Å². The van der Waals surface area contributed by atoms with E-state index in [1.54, 1.807) is 18.3 Å². The van der Waals surface area contributed by atoms with Crippen LogP contribution in [0.3, 0.4) is 0 Å². The number of nitrogens with zero attached hydrogens (tertiary/aromatic N) is 5. The maximum absolute atomic E-state index is 9.11. The summed E-state index contributed by atoms with van der Waals surface area (Å²) in [7, 11) is 0. The van der Waals surface area contributed by atoms with Crippen LogP contribution < -0.4 is 5.73 Å². The number of imidazole rings is 1. The molecule has 6 nitrogen and oxygen atoms in total. The number of nitrogens with two attached hydrogens (primary N) is 1. The first-order chi connectivity index (χ1) is 14.2. The zero-order valence-corrected chi connectivity index (χ0v) is 15.7. The largest absolute Gasteiger partial charge is 0.381 e. The molecule has 0 unspecified atom stereocenters. The third kappa shape index (κ3) is 2.68. The normalized spacial score (nSPS) is 11.0. The Kier molecular flexibility index (Phi) is 3.75. The number of rotatable bonds is 2. The molecule has 0 aliphatic carbocycles. The van der Waals surface area contributed by atoms with Crippen molar-refractivity contribution in [1.82, 2.24) is 19.4 Å². The first kappa shape index (κ1) is 16.9. The average Bonchev–Trinajstić information content (AvgIpc) is 3.24.